The molecule has 0 aromatic carbocycles. The number of hydrogen-bond donors (Lipinski definition) is 1. The number of hydrogen-bond acceptors (Lipinski definition) is 5. The highest BCUT2D eigenvalue weighted by molar-refractivity contribution is 5.76. The minimum absolute atomic E-state index is 0.0945. The first-order valence-electron chi connectivity index (χ1n) is 24.2. The molecule has 3 atom stereocenters. The second-order valence-electron chi connectivity index (χ2n) is 18.4. The molecule has 0 unspecified atom stereocenters. The summed E-state index contributed by atoms with van der Waals surface area (Å²) in [6, 6.07) is -0.0945. The topological polar surface area (TPSA) is 67.9 Å². The van der Waals surface area contributed by atoms with Crippen molar-refractivity contribution >= 4 is 11.9 Å². The normalized spacial score (nSPS) is 19.3. The fourth-order valence-corrected chi connectivity index (χ4v) is 9.22. The quantitative estimate of drug-likeness (QED) is 0.0390. The standard InChI is InChI=1S/C49H92N2O4/c1-5-7-9-11-13-15-17-19-20-21-23-25-27-29-31-34-47(52)50-46(43-55-48(53)35-32-36-51-37-39-54-40-38-51)45-42-49(3,4)41-44(45)33-30-28-26-24-22-18-16-14-12-10-8-6-2/h19-20,44-46H,5-18,21-43H2,1-4H3,(H,50,52)/b20-19-/t44-,45+,46-/m0/s1. The Labute approximate surface area is 341 Å². The maximum absolute atomic E-state index is 13.4. The number of nitrogens with one attached hydrogen (secondary N) is 1. The Hall–Kier alpha value is -1.40. The summed E-state index contributed by atoms with van der Waals surface area (Å²) in [5, 5.41) is 3.44. The summed E-state index contributed by atoms with van der Waals surface area (Å²) in [4.78, 5) is 28.7. The van der Waals surface area contributed by atoms with Gasteiger partial charge >= 0.3 is 5.97 Å². The van der Waals surface area contributed by atoms with Crippen molar-refractivity contribution in [3.63, 3.8) is 0 Å². The van der Waals surface area contributed by atoms with Crippen molar-refractivity contribution in [1.29, 1.82) is 0 Å². The lowest BCUT2D eigenvalue weighted by Crippen LogP contribution is -2.45. The first-order chi connectivity index (χ1) is 26.8. The van der Waals surface area contributed by atoms with E-state index >= 15 is 0 Å². The van der Waals surface area contributed by atoms with Crippen LogP contribution in [-0.4, -0.2) is 62.3 Å². The second kappa shape index (κ2) is 33.6. The molecule has 55 heavy (non-hydrogen) atoms. The van der Waals surface area contributed by atoms with E-state index in [0.717, 1.165) is 58.5 Å². The fraction of sp³-hybridized carbons (Fsp3) is 0.918. The van der Waals surface area contributed by atoms with Gasteiger partial charge in [-0.1, -0.05) is 175 Å². The van der Waals surface area contributed by atoms with Gasteiger partial charge in [0.15, 0.2) is 0 Å². The van der Waals surface area contributed by atoms with E-state index in [1.807, 2.05) is 0 Å². The molecule has 1 saturated heterocycles. The van der Waals surface area contributed by atoms with E-state index in [9.17, 15) is 9.59 Å². The Morgan fingerprint density at radius 2 is 1.18 bits per heavy atom. The van der Waals surface area contributed by atoms with Crippen LogP contribution < -0.4 is 5.32 Å². The molecule has 1 heterocycles. The number of ether oxygens (including phenoxy) is 2. The molecule has 2 fully saturated rings. The van der Waals surface area contributed by atoms with Gasteiger partial charge in [-0.15, -0.1) is 0 Å². The third-order valence-electron chi connectivity index (χ3n) is 12.5. The van der Waals surface area contributed by atoms with Crippen molar-refractivity contribution in [3.8, 4) is 0 Å². The lowest BCUT2D eigenvalue weighted by Gasteiger charge is -2.30. The Morgan fingerprint density at radius 1 is 0.673 bits per heavy atom. The number of allylic oxidation sites excluding steroid dienone is 2. The number of amides is 1. The Morgan fingerprint density at radius 3 is 1.75 bits per heavy atom. The van der Waals surface area contributed by atoms with Gasteiger partial charge in [-0.25, -0.2) is 0 Å². The van der Waals surface area contributed by atoms with Crippen molar-refractivity contribution in [2.75, 3.05) is 39.5 Å². The molecule has 2 rings (SSSR count). The average Bonchev–Trinajstić information content (AvgIpc) is 3.49. The van der Waals surface area contributed by atoms with E-state index in [2.05, 4.69) is 50.1 Å². The van der Waals surface area contributed by atoms with E-state index in [1.54, 1.807) is 0 Å². The maximum atomic E-state index is 13.4. The van der Waals surface area contributed by atoms with Gasteiger partial charge in [0, 0.05) is 25.9 Å². The summed E-state index contributed by atoms with van der Waals surface area (Å²) < 4.78 is 11.4. The molecule has 2 aliphatic rings. The van der Waals surface area contributed by atoms with Crippen molar-refractivity contribution < 1.29 is 19.1 Å². The maximum Gasteiger partial charge on any atom is 0.305 e. The third-order valence-corrected chi connectivity index (χ3v) is 12.5. The summed E-state index contributed by atoms with van der Waals surface area (Å²) in [6.45, 7) is 14.0. The van der Waals surface area contributed by atoms with Crippen LogP contribution in [0.1, 0.15) is 227 Å². The van der Waals surface area contributed by atoms with Crippen LogP contribution in [0.4, 0.5) is 0 Å². The molecule has 0 bridgehead atoms. The van der Waals surface area contributed by atoms with E-state index < -0.39 is 0 Å². The predicted molar refractivity (Wildman–Crippen MR) is 235 cm³/mol. The van der Waals surface area contributed by atoms with Crippen molar-refractivity contribution in [1.82, 2.24) is 10.2 Å². The molecule has 6 nitrogen and oxygen atoms in total. The highest BCUT2D eigenvalue weighted by Gasteiger charge is 2.43. The average molecular weight is 773 g/mol. The number of rotatable bonds is 36. The molecular weight excluding hydrogens is 681 g/mol. The Kier molecular flexibility index (Phi) is 30.4. The molecule has 322 valence electrons. The van der Waals surface area contributed by atoms with Gasteiger partial charge in [-0.2, -0.15) is 0 Å². The van der Waals surface area contributed by atoms with E-state index in [1.165, 1.54) is 161 Å². The van der Waals surface area contributed by atoms with Crippen LogP contribution in [0.3, 0.4) is 0 Å². The lowest BCUT2D eigenvalue weighted by atomic mass is 9.85. The van der Waals surface area contributed by atoms with Gasteiger partial charge in [0.2, 0.25) is 5.91 Å². The number of unbranched alkanes of at least 4 members (excludes halogenated alkanes) is 22. The Balaban J connectivity index is 1.75. The first kappa shape index (κ1) is 49.7. The number of nitrogens with zero attached hydrogens (tertiary/aromatic N) is 1. The molecule has 1 amide bonds. The molecule has 6 heteroatoms. The SMILES string of the molecule is CCCCCCCC/C=C\CCCCCCCC(=O)N[C@@H](COC(=O)CCCN1CCOCC1)[C@@H]1CC(C)(C)C[C@@H]1CCCCCCCCCCCCCC. The van der Waals surface area contributed by atoms with Gasteiger partial charge in [-0.3, -0.25) is 14.5 Å². The van der Waals surface area contributed by atoms with E-state index in [4.69, 9.17) is 9.47 Å². The zero-order valence-electron chi connectivity index (χ0n) is 37.1. The van der Waals surface area contributed by atoms with Gasteiger partial charge in [-0.05, 0) is 75.2 Å². The van der Waals surface area contributed by atoms with E-state index in [-0.39, 0.29) is 23.3 Å². The number of carbonyl (C=O) groups is 2. The summed E-state index contributed by atoms with van der Waals surface area (Å²) in [5.74, 6) is 0.949. The molecule has 1 saturated carbocycles. The minimum Gasteiger partial charge on any atom is -0.463 e. The van der Waals surface area contributed by atoms with Crippen LogP contribution in [-0.2, 0) is 19.1 Å². The van der Waals surface area contributed by atoms with Crippen LogP contribution in [0, 0.1) is 17.3 Å². The van der Waals surface area contributed by atoms with Gasteiger partial charge in [0.25, 0.3) is 0 Å². The van der Waals surface area contributed by atoms with Crippen molar-refractivity contribution in [2.45, 2.75) is 233 Å². The minimum atomic E-state index is -0.125. The molecule has 1 aliphatic carbocycles. The zero-order chi connectivity index (χ0) is 39.7. The van der Waals surface area contributed by atoms with Gasteiger partial charge in [0.05, 0.1) is 19.3 Å². The molecule has 0 spiro atoms. The summed E-state index contributed by atoms with van der Waals surface area (Å²) in [6.07, 6.45) is 42.9. The van der Waals surface area contributed by atoms with E-state index in [0.29, 0.717) is 31.3 Å². The number of morpholine rings is 1. The molecule has 1 aliphatic heterocycles. The van der Waals surface area contributed by atoms with Crippen molar-refractivity contribution in [3.05, 3.63) is 12.2 Å². The van der Waals surface area contributed by atoms with Crippen molar-refractivity contribution in [2.24, 2.45) is 17.3 Å². The van der Waals surface area contributed by atoms with Crippen LogP contribution in [0.5, 0.6) is 0 Å². The predicted octanol–water partition coefficient (Wildman–Crippen LogP) is 13.3. The van der Waals surface area contributed by atoms with Crippen LogP contribution >= 0.6 is 0 Å². The Bertz CT molecular complexity index is 945. The molecule has 0 aromatic rings. The number of esters is 1. The summed E-state index contributed by atoms with van der Waals surface area (Å²) >= 11 is 0. The number of carbonyl (C=O) groups excluding carboxylic acids is 2. The van der Waals surface area contributed by atoms with Crippen LogP contribution in [0.25, 0.3) is 0 Å². The second-order valence-corrected chi connectivity index (χ2v) is 18.4. The molecule has 0 radical (unpaired) electrons. The van der Waals surface area contributed by atoms with Gasteiger partial charge < -0.3 is 14.8 Å². The summed E-state index contributed by atoms with van der Waals surface area (Å²) in [7, 11) is 0. The smallest absolute Gasteiger partial charge is 0.305 e. The zero-order valence-corrected chi connectivity index (χ0v) is 37.1. The highest BCUT2D eigenvalue weighted by Crippen LogP contribution is 2.48. The van der Waals surface area contributed by atoms with Crippen LogP contribution in [0.2, 0.25) is 0 Å². The third kappa shape index (κ3) is 27.0. The molecular formula is C49H92N2O4. The van der Waals surface area contributed by atoms with Gasteiger partial charge in [0.1, 0.15) is 6.61 Å². The first-order valence-corrected chi connectivity index (χ1v) is 24.2. The largest absolute Gasteiger partial charge is 0.463 e. The molecule has 0 aromatic heterocycles. The highest BCUT2D eigenvalue weighted by atomic mass is 16.5. The summed E-state index contributed by atoms with van der Waals surface area (Å²) in [5.41, 5.74) is 0.251. The lowest BCUT2D eigenvalue weighted by molar-refractivity contribution is -0.146. The molecule has 1 N–H and O–H groups in total. The monoisotopic (exact) mass is 773 g/mol. The van der Waals surface area contributed by atoms with Crippen LogP contribution in [0.15, 0.2) is 12.2 Å². The fourth-order valence-electron chi connectivity index (χ4n) is 9.22.